The van der Waals surface area contributed by atoms with Crippen molar-refractivity contribution in [1.29, 1.82) is 0 Å². The molecule has 1 aromatic carbocycles. The summed E-state index contributed by atoms with van der Waals surface area (Å²) < 4.78 is 40.7. The molecule has 0 unspecified atom stereocenters. The quantitative estimate of drug-likeness (QED) is 0.414. The highest BCUT2D eigenvalue weighted by Gasteiger charge is 2.35. The van der Waals surface area contributed by atoms with Gasteiger partial charge < -0.3 is 4.84 Å². The molecule has 0 saturated heterocycles. The molecular weight excluding hydrogens is 359 g/mol. The Morgan fingerprint density at radius 2 is 1.96 bits per heavy atom. The first-order valence-electron chi connectivity index (χ1n) is 8.85. The summed E-state index contributed by atoms with van der Waals surface area (Å²) in [6.45, 7) is 1.84. The minimum atomic E-state index is -4.35. The molecule has 0 N–H and O–H groups in total. The Hall–Kier alpha value is -1.82. The number of rotatable bonds is 5. The second-order valence-corrected chi connectivity index (χ2v) is 7.63. The van der Waals surface area contributed by atoms with Gasteiger partial charge in [-0.3, -0.25) is 0 Å². The molecule has 6 heteroatoms. The minimum absolute atomic E-state index is 0.00874. The van der Waals surface area contributed by atoms with Crippen LogP contribution in [-0.4, -0.2) is 5.71 Å². The zero-order valence-corrected chi connectivity index (χ0v) is 15.5. The van der Waals surface area contributed by atoms with Gasteiger partial charge in [-0.2, -0.15) is 13.2 Å². The van der Waals surface area contributed by atoms with Crippen molar-refractivity contribution in [3.63, 3.8) is 0 Å². The van der Waals surface area contributed by atoms with Crippen molar-refractivity contribution in [3.05, 3.63) is 57.3 Å². The van der Waals surface area contributed by atoms with Crippen LogP contribution in [0.15, 0.2) is 40.9 Å². The number of hydrogen-bond donors (Lipinski definition) is 0. The first kappa shape index (κ1) is 19.0. The van der Waals surface area contributed by atoms with Crippen LogP contribution in [0.1, 0.15) is 66.5 Å². The van der Waals surface area contributed by atoms with E-state index in [2.05, 4.69) is 5.16 Å². The van der Waals surface area contributed by atoms with Gasteiger partial charge in [-0.15, -0.1) is 11.3 Å². The summed E-state index contributed by atoms with van der Waals surface area (Å²) in [5.41, 5.74) is 1.11. The van der Waals surface area contributed by atoms with Crippen LogP contribution in [0.5, 0.6) is 0 Å². The second kappa shape index (κ2) is 8.25. The van der Waals surface area contributed by atoms with Crippen molar-refractivity contribution in [3.8, 4) is 0 Å². The molecule has 2 nitrogen and oxygen atoms in total. The zero-order chi connectivity index (χ0) is 18.6. The van der Waals surface area contributed by atoms with Crippen molar-refractivity contribution >= 4 is 17.0 Å². The molecule has 0 aliphatic heterocycles. The van der Waals surface area contributed by atoms with Crippen molar-refractivity contribution in [2.75, 3.05) is 0 Å². The van der Waals surface area contributed by atoms with Crippen molar-refractivity contribution in [2.24, 2.45) is 5.16 Å². The van der Waals surface area contributed by atoms with E-state index in [-0.39, 0.29) is 12.5 Å². The van der Waals surface area contributed by atoms with Gasteiger partial charge >= 0.3 is 6.18 Å². The molecule has 0 atom stereocenters. The molecule has 0 radical (unpaired) electrons. The zero-order valence-electron chi connectivity index (χ0n) is 14.7. The molecule has 0 amide bonds. The van der Waals surface area contributed by atoms with Crippen LogP contribution >= 0.6 is 11.3 Å². The van der Waals surface area contributed by atoms with E-state index in [0.717, 1.165) is 42.7 Å². The molecule has 1 aromatic heterocycles. The predicted octanol–water partition coefficient (Wildman–Crippen LogP) is 6.76. The van der Waals surface area contributed by atoms with Crippen LogP contribution in [-0.2, 0) is 17.6 Å². The Balaban J connectivity index is 1.75. The van der Waals surface area contributed by atoms with Gasteiger partial charge in [-0.05, 0) is 54.3 Å². The number of thiophene rings is 1. The van der Waals surface area contributed by atoms with Crippen LogP contribution in [0.25, 0.3) is 0 Å². The summed E-state index contributed by atoms with van der Waals surface area (Å²) in [6.07, 6.45) is 0.448. The number of benzene rings is 1. The molecule has 1 fully saturated rings. The first-order valence-corrected chi connectivity index (χ1v) is 9.73. The highest BCUT2D eigenvalue weighted by molar-refractivity contribution is 7.12. The number of nitrogens with zero attached hydrogens (tertiary/aromatic N) is 1. The number of alkyl halides is 3. The topological polar surface area (TPSA) is 21.6 Å². The van der Waals surface area contributed by atoms with Gasteiger partial charge in [0.05, 0.1) is 16.2 Å². The lowest BCUT2D eigenvalue weighted by Gasteiger charge is -2.25. The molecule has 0 spiro atoms. The molecule has 1 saturated carbocycles. The monoisotopic (exact) mass is 381 g/mol. The predicted molar refractivity (Wildman–Crippen MR) is 98.6 cm³/mol. The fourth-order valence-corrected chi connectivity index (χ4v) is 4.11. The average molecular weight is 381 g/mol. The third-order valence-corrected chi connectivity index (χ3v) is 5.76. The Morgan fingerprint density at radius 1 is 1.19 bits per heavy atom. The summed E-state index contributed by atoms with van der Waals surface area (Å²) in [5, 5.41) is 5.95. The summed E-state index contributed by atoms with van der Waals surface area (Å²) in [5.74, 6) is 0.00874. The van der Waals surface area contributed by atoms with E-state index in [1.165, 1.54) is 6.07 Å². The van der Waals surface area contributed by atoms with Crippen LogP contribution in [0.2, 0.25) is 0 Å². The van der Waals surface area contributed by atoms with E-state index in [9.17, 15) is 13.2 Å². The Kier molecular flexibility index (Phi) is 6.01. The van der Waals surface area contributed by atoms with E-state index in [0.29, 0.717) is 11.1 Å². The van der Waals surface area contributed by atoms with Crippen LogP contribution in [0.3, 0.4) is 0 Å². The van der Waals surface area contributed by atoms with Crippen LogP contribution in [0, 0.1) is 0 Å². The Labute approximate surface area is 155 Å². The summed E-state index contributed by atoms with van der Waals surface area (Å²) >= 11 is 1.54. The lowest BCUT2D eigenvalue weighted by atomic mass is 9.81. The highest BCUT2D eigenvalue weighted by Crippen LogP contribution is 2.41. The summed E-state index contributed by atoms with van der Waals surface area (Å²) in [4.78, 5) is 6.27. The maximum absolute atomic E-state index is 13.6. The molecule has 3 rings (SSSR count). The number of hydrogen-bond acceptors (Lipinski definition) is 3. The summed E-state index contributed by atoms with van der Waals surface area (Å²) in [7, 11) is 0. The van der Waals surface area contributed by atoms with Gasteiger partial charge in [0.2, 0.25) is 0 Å². The largest absolute Gasteiger partial charge is 0.416 e. The molecule has 0 bridgehead atoms. The van der Waals surface area contributed by atoms with Crippen LogP contribution < -0.4 is 0 Å². The standard InChI is InChI=1S/C20H22F3NOS/c1-14(19-8-5-11-26-19)24-25-13-15-9-10-17(16-6-3-2-4-7-16)18(12-15)20(21,22)23/h5,8-12,16H,2-4,6-7,13H2,1H3. The Bertz CT molecular complexity index is 747. The molecule has 2 aromatic rings. The smallest absolute Gasteiger partial charge is 0.391 e. The van der Waals surface area contributed by atoms with Crippen LogP contribution in [0.4, 0.5) is 13.2 Å². The SMILES string of the molecule is CC(=NOCc1ccc(C2CCCCC2)c(C(F)(F)F)c1)c1cccs1. The van der Waals surface area contributed by atoms with E-state index >= 15 is 0 Å². The highest BCUT2D eigenvalue weighted by atomic mass is 32.1. The molecule has 1 aliphatic rings. The molecule has 1 aliphatic carbocycles. The maximum Gasteiger partial charge on any atom is 0.416 e. The third-order valence-electron chi connectivity index (χ3n) is 4.78. The second-order valence-electron chi connectivity index (χ2n) is 6.68. The van der Waals surface area contributed by atoms with Crippen molar-refractivity contribution < 1.29 is 18.0 Å². The van der Waals surface area contributed by atoms with Crippen molar-refractivity contribution in [1.82, 2.24) is 0 Å². The number of oxime groups is 1. The average Bonchev–Trinajstić information content (AvgIpc) is 3.16. The number of halogens is 3. The van der Waals surface area contributed by atoms with E-state index in [1.807, 2.05) is 24.4 Å². The Morgan fingerprint density at radius 3 is 2.62 bits per heavy atom. The van der Waals surface area contributed by atoms with Gasteiger partial charge in [0.25, 0.3) is 0 Å². The molecule has 1 heterocycles. The van der Waals surface area contributed by atoms with Gasteiger partial charge in [-0.25, -0.2) is 0 Å². The third kappa shape index (κ3) is 4.67. The lowest BCUT2D eigenvalue weighted by molar-refractivity contribution is -0.138. The van der Waals surface area contributed by atoms with Gasteiger partial charge in [0.15, 0.2) is 0 Å². The van der Waals surface area contributed by atoms with E-state index < -0.39 is 11.7 Å². The molecule has 140 valence electrons. The van der Waals surface area contributed by atoms with E-state index in [1.54, 1.807) is 23.5 Å². The van der Waals surface area contributed by atoms with Crippen molar-refractivity contribution in [2.45, 2.75) is 57.7 Å². The fourth-order valence-electron chi connectivity index (χ4n) is 3.44. The van der Waals surface area contributed by atoms with E-state index in [4.69, 9.17) is 4.84 Å². The minimum Gasteiger partial charge on any atom is -0.391 e. The first-order chi connectivity index (χ1) is 12.4. The van der Waals surface area contributed by atoms with Gasteiger partial charge in [-0.1, -0.05) is 42.6 Å². The molecular formula is C20H22F3NOS. The van der Waals surface area contributed by atoms with Gasteiger partial charge in [0, 0.05) is 0 Å². The van der Waals surface area contributed by atoms with Gasteiger partial charge in [0.1, 0.15) is 6.61 Å². The fraction of sp³-hybridized carbons (Fsp3) is 0.450. The summed E-state index contributed by atoms with van der Waals surface area (Å²) in [6, 6.07) is 8.43. The lowest BCUT2D eigenvalue weighted by Crippen LogP contribution is -2.14. The maximum atomic E-state index is 13.6. The molecule has 26 heavy (non-hydrogen) atoms. The normalized spacial score (nSPS) is 16.7.